The number of rotatable bonds is 2. The molecule has 0 spiro atoms. The number of fused-ring (bicyclic) bond motifs is 3. The molecule has 1 N–H and O–H groups in total. The van der Waals surface area contributed by atoms with Gasteiger partial charge in [-0.2, -0.15) is 0 Å². The summed E-state index contributed by atoms with van der Waals surface area (Å²) in [5, 5.41) is 3.34. The Bertz CT molecular complexity index is 694. The Labute approximate surface area is 149 Å². The van der Waals surface area contributed by atoms with Gasteiger partial charge in [-0.1, -0.05) is 48.5 Å². The standard InChI is InChI=1S/C20H22N2O.ClH/c1-22(20(23)14-10-12-21-13-11-14)19-17-8-4-2-6-15(17)16-7-3-5-9-18(16)19;/h2-9,14,19,21H,10-13H2,1H3;1H. The second-order valence-corrected chi connectivity index (χ2v) is 6.55. The van der Waals surface area contributed by atoms with Crippen molar-refractivity contribution >= 4 is 18.3 Å². The minimum Gasteiger partial charge on any atom is -0.334 e. The number of nitrogens with zero attached hydrogens (tertiary/aromatic N) is 1. The predicted octanol–water partition coefficient (Wildman–Crippen LogP) is 3.64. The van der Waals surface area contributed by atoms with Crippen LogP contribution >= 0.6 is 12.4 Å². The molecular formula is C20H23ClN2O. The van der Waals surface area contributed by atoms with Crippen LogP contribution in [0.5, 0.6) is 0 Å². The fourth-order valence-corrected chi connectivity index (χ4v) is 4.03. The number of hydrogen-bond donors (Lipinski definition) is 1. The first kappa shape index (κ1) is 17.0. The summed E-state index contributed by atoms with van der Waals surface area (Å²) in [4.78, 5) is 15.0. The highest BCUT2D eigenvalue weighted by Gasteiger charge is 2.35. The van der Waals surface area contributed by atoms with Crippen molar-refractivity contribution in [1.82, 2.24) is 10.2 Å². The molecule has 1 aliphatic heterocycles. The fourth-order valence-electron chi connectivity index (χ4n) is 4.03. The third kappa shape index (κ3) is 2.72. The zero-order chi connectivity index (χ0) is 15.8. The van der Waals surface area contributed by atoms with Gasteiger partial charge in [0.2, 0.25) is 5.91 Å². The molecule has 2 aromatic rings. The van der Waals surface area contributed by atoms with Crippen molar-refractivity contribution in [3.63, 3.8) is 0 Å². The third-order valence-corrected chi connectivity index (χ3v) is 5.22. The van der Waals surface area contributed by atoms with Crippen LogP contribution < -0.4 is 5.32 Å². The molecule has 1 amide bonds. The number of nitrogens with one attached hydrogen (secondary N) is 1. The highest BCUT2D eigenvalue weighted by molar-refractivity contribution is 5.85. The van der Waals surface area contributed by atoms with E-state index in [1.165, 1.54) is 22.3 Å². The first-order valence-electron chi connectivity index (χ1n) is 8.43. The maximum Gasteiger partial charge on any atom is 0.226 e. The molecule has 0 unspecified atom stereocenters. The van der Waals surface area contributed by atoms with E-state index in [0.29, 0.717) is 0 Å². The van der Waals surface area contributed by atoms with E-state index in [0.717, 1.165) is 25.9 Å². The van der Waals surface area contributed by atoms with E-state index in [9.17, 15) is 4.79 Å². The largest absolute Gasteiger partial charge is 0.334 e. The fraction of sp³-hybridized carbons (Fsp3) is 0.350. The molecule has 126 valence electrons. The number of benzene rings is 2. The van der Waals surface area contributed by atoms with Crippen LogP contribution in [-0.2, 0) is 4.79 Å². The molecule has 2 aromatic carbocycles. The molecule has 1 heterocycles. The van der Waals surface area contributed by atoms with E-state index in [2.05, 4.69) is 53.8 Å². The van der Waals surface area contributed by atoms with Gasteiger partial charge in [-0.05, 0) is 48.2 Å². The normalized spacial score (nSPS) is 16.9. The number of piperidine rings is 1. The maximum atomic E-state index is 13.0. The van der Waals surface area contributed by atoms with Gasteiger partial charge in [0.25, 0.3) is 0 Å². The molecule has 0 radical (unpaired) electrons. The number of halogens is 1. The van der Waals surface area contributed by atoms with Gasteiger partial charge in [-0.25, -0.2) is 0 Å². The highest BCUT2D eigenvalue weighted by atomic mass is 35.5. The molecule has 2 aliphatic rings. The van der Waals surface area contributed by atoms with Gasteiger partial charge in [0, 0.05) is 13.0 Å². The Kier molecular flexibility index (Phi) is 4.93. The molecule has 0 saturated carbocycles. The highest BCUT2D eigenvalue weighted by Crippen LogP contribution is 2.46. The van der Waals surface area contributed by atoms with Crippen LogP contribution in [-0.4, -0.2) is 30.9 Å². The van der Waals surface area contributed by atoms with Crippen LogP contribution in [0.3, 0.4) is 0 Å². The molecule has 24 heavy (non-hydrogen) atoms. The van der Waals surface area contributed by atoms with Crippen LogP contribution in [0.4, 0.5) is 0 Å². The van der Waals surface area contributed by atoms with E-state index in [4.69, 9.17) is 0 Å². The number of carbonyl (C=O) groups is 1. The molecule has 0 bridgehead atoms. The van der Waals surface area contributed by atoms with E-state index < -0.39 is 0 Å². The Balaban J connectivity index is 0.00000169. The zero-order valence-corrected chi connectivity index (χ0v) is 14.7. The summed E-state index contributed by atoms with van der Waals surface area (Å²) in [7, 11) is 1.97. The van der Waals surface area contributed by atoms with Crippen LogP contribution in [0.2, 0.25) is 0 Å². The second kappa shape index (κ2) is 6.96. The second-order valence-electron chi connectivity index (χ2n) is 6.55. The van der Waals surface area contributed by atoms with Gasteiger partial charge < -0.3 is 10.2 Å². The summed E-state index contributed by atoms with van der Waals surface area (Å²) in [5.74, 6) is 0.434. The first-order chi connectivity index (χ1) is 11.3. The van der Waals surface area contributed by atoms with E-state index in [1.807, 2.05) is 11.9 Å². The first-order valence-corrected chi connectivity index (χ1v) is 8.43. The van der Waals surface area contributed by atoms with Crippen molar-refractivity contribution < 1.29 is 4.79 Å². The Hall–Kier alpha value is -1.84. The lowest BCUT2D eigenvalue weighted by Crippen LogP contribution is -2.40. The van der Waals surface area contributed by atoms with Crippen LogP contribution in [0, 0.1) is 5.92 Å². The quantitative estimate of drug-likeness (QED) is 0.903. The molecule has 4 rings (SSSR count). The SMILES string of the molecule is CN(C(=O)C1CCNCC1)C1c2ccccc2-c2ccccc21.Cl. The Morgan fingerprint density at radius 1 is 0.958 bits per heavy atom. The van der Waals surface area contributed by atoms with E-state index in [-0.39, 0.29) is 30.3 Å². The van der Waals surface area contributed by atoms with Gasteiger partial charge in [-0.3, -0.25) is 4.79 Å². The van der Waals surface area contributed by atoms with Crippen LogP contribution in [0.1, 0.15) is 30.0 Å². The predicted molar refractivity (Wildman–Crippen MR) is 99.3 cm³/mol. The minimum absolute atomic E-state index is 0. The lowest BCUT2D eigenvalue weighted by molar-refractivity contribution is -0.136. The van der Waals surface area contributed by atoms with E-state index in [1.54, 1.807) is 0 Å². The number of amides is 1. The van der Waals surface area contributed by atoms with Crippen molar-refractivity contribution in [1.29, 1.82) is 0 Å². The van der Waals surface area contributed by atoms with Gasteiger partial charge in [0.15, 0.2) is 0 Å². The molecular weight excluding hydrogens is 320 g/mol. The smallest absolute Gasteiger partial charge is 0.226 e. The molecule has 3 nitrogen and oxygen atoms in total. The van der Waals surface area contributed by atoms with Crippen molar-refractivity contribution in [2.75, 3.05) is 20.1 Å². The average Bonchev–Trinajstić information content (AvgIpc) is 2.96. The summed E-state index contributed by atoms with van der Waals surface area (Å²) >= 11 is 0. The summed E-state index contributed by atoms with van der Waals surface area (Å²) in [5.41, 5.74) is 5.02. The summed E-state index contributed by atoms with van der Waals surface area (Å²) in [6.45, 7) is 1.89. The average molecular weight is 343 g/mol. The van der Waals surface area contributed by atoms with Gasteiger partial charge in [0.05, 0.1) is 6.04 Å². The molecule has 1 fully saturated rings. The van der Waals surface area contributed by atoms with Gasteiger partial charge in [-0.15, -0.1) is 12.4 Å². The molecule has 1 saturated heterocycles. The minimum atomic E-state index is 0. The van der Waals surface area contributed by atoms with Crippen molar-refractivity contribution in [3.05, 3.63) is 59.7 Å². The maximum absolute atomic E-state index is 13.0. The van der Waals surface area contributed by atoms with E-state index >= 15 is 0 Å². The number of carbonyl (C=O) groups excluding carboxylic acids is 1. The summed E-state index contributed by atoms with van der Waals surface area (Å²) in [6.07, 6.45) is 1.89. The van der Waals surface area contributed by atoms with Gasteiger partial charge in [0.1, 0.15) is 0 Å². The Morgan fingerprint density at radius 3 is 2.00 bits per heavy atom. The topological polar surface area (TPSA) is 32.3 Å². The molecule has 1 aliphatic carbocycles. The molecule has 0 aromatic heterocycles. The Morgan fingerprint density at radius 2 is 1.46 bits per heavy atom. The van der Waals surface area contributed by atoms with Crippen molar-refractivity contribution in [3.8, 4) is 11.1 Å². The lowest BCUT2D eigenvalue weighted by Gasteiger charge is -2.32. The molecule has 4 heteroatoms. The molecule has 0 atom stereocenters. The summed E-state index contributed by atoms with van der Waals surface area (Å²) < 4.78 is 0. The monoisotopic (exact) mass is 342 g/mol. The third-order valence-electron chi connectivity index (χ3n) is 5.22. The van der Waals surface area contributed by atoms with Crippen molar-refractivity contribution in [2.45, 2.75) is 18.9 Å². The van der Waals surface area contributed by atoms with Gasteiger partial charge >= 0.3 is 0 Å². The summed E-state index contributed by atoms with van der Waals surface area (Å²) in [6, 6.07) is 17.0. The lowest BCUT2D eigenvalue weighted by atomic mass is 9.94. The van der Waals surface area contributed by atoms with Crippen LogP contribution in [0.15, 0.2) is 48.5 Å². The number of hydrogen-bond acceptors (Lipinski definition) is 2. The van der Waals surface area contributed by atoms with Crippen LogP contribution in [0.25, 0.3) is 11.1 Å². The van der Waals surface area contributed by atoms with Crippen molar-refractivity contribution in [2.24, 2.45) is 5.92 Å². The zero-order valence-electron chi connectivity index (χ0n) is 13.9.